The third-order valence-corrected chi connectivity index (χ3v) is 2.90. The molecule has 0 aliphatic carbocycles. The Bertz CT molecular complexity index is 612. The number of rotatable bonds is 8. The van der Waals surface area contributed by atoms with E-state index in [-0.39, 0.29) is 12.5 Å². The second-order valence-electron chi connectivity index (χ2n) is 4.62. The number of carbonyl (C=O) groups excluding carboxylic acids is 1. The van der Waals surface area contributed by atoms with Crippen LogP contribution < -0.4 is 15.4 Å². The van der Waals surface area contributed by atoms with E-state index in [0.29, 0.717) is 29.6 Å². The van der Waals surface area contributed by atoms with Crippen LogP contribution in [0.25, 0.3) is 0 Å². The number of hydrogen-bond donors (Lipinski definition) is 2. The van der Waals surface area contributed by atoms with Crippen molar-refractivity contribution in [3.8, 4) is 5.75 Å². The van der Waals surface area contributed by atoms with Crippen LogP contribution in [0.5, 0.6) is 5.75 Å². The van der Waals surface area contributed by atoms with Crippen LogP contribution in [0.2, 0.25) is 0 Å². The van der Waals surface area contributed by atoms with Gasteiger partial charge in [0.25, 0.3) is 5.91 Å². The summed E-state index contributed by atoms with van der Waals surface area (Å²) in [5.41, 5.74) is 0.485. The predicted octanol–water partition coefficient (Wildman–Crippen LogP) is 1.30. The van der Waals surface area contributed by atoms with E-state index in [4.69, 9.17) is 9.26 Å². The minimum atomic E-state index is -0.169. The van der Waals surface area contributed by atoms with Gasteiger partial charge in [-0.3, -0.25) is 4.79 Å². The minimum Gasteiger partial charge on any atom is -0.485 e. The SMILES string of the molecule is CCNCCNC(=O)c1ccccc1OCc1noc(C)n1. The van der Waals surface area contributed by atoms with Gasteiger partial charge in [-0.1, -0.05) is 24.2 Å². The Labute approximate surface area is 129 Å². The standard InChI is InChI=1S/C15H20N4O3/c1-3-16-8-9-17-15(20)12-6-4-5-7-13(12)21-10-14-18-11(2)22-19-14/h4-7,16H,3,8-10H2,1-2H3,(H,17,20). The molecule has 0 unspecified atom stereocenters. The van der Waals surface area contributed by atoms with Gasteiger partial charge in [0, 0.05) is 20.0 Å². The number of nitrogens with zero attached hydrogens (tertiary/aromatic N) is 2. The van der Waals surface area contributed by atoms with Gasteiger partial charge in [-0.05, 0) is 18.7 Å². The Kier molecular flexibility index (Phi) is 5.91. The molecule has 0 fully saturated rings. The van der Waals surface area contributed by atoms with E-state index in [9.17, 15) is 4.79 Å². The van der Waals surface area contributed by atoms with Crippen molar-refractivity contribution < 1.29 is 14.1 Å². The van der Waals surface area contributed by atoms with Gasteiger partial charge < -0.3 is 19.9 Å². The Morgan fingerprint density at radius 2 is 2.14 bits per heavy atom. The summed E-state index contributed by atoms with van der Waals surface area (Å²) >= 11 is 0. The molecule has 0 bridgehead atoms. The number of aromatic nitrogens is 2. The van der Waals surface area contributed by atoms with Crippen molar-refractivity contribution in [2.24, 2.45) is 0 Å². The number of likely N-dealkylation sites (N-methyl/N-ethyl adjacent to an activating group) is 1. The molecule has 1 amide bonds. The van der Waals surface area contributed by atoms with Crippen LogP contribution in [0.15, 0.2) is 28.8 Å². The van der Waals surface area contributed by atoms with Crippen molar-refractivity contribution >= 4 is 5.91 Å². The molecule has 118 valence electrons. The van der Waals surface area contributed by atoms with Crippen molar-refractivity contribution in [1.82, 2.24) is 20.8 Å². The number of aryl methyl sites for hydroxylation is 1. The first-order chi connectivity index (χ1) is 10.7. The maximum absolute atomic E-state index is 12.2. The Hall–Kier alpha value is -2.41. The lowest BCUT2D eigenvalue weighted by molar-refractivity contribution is 0.0949. The molecule has 0 radical (unpaired) electrons. The first-order valence-electron chi connectivity index (χ1n) is 7.20. The van der Waals surface area contributed by atoms with E-state index < -0.39 is 0 Å². The summed E-state index contributed by atoms with van der Waals surface area (Å²) < 4.78 is 10.5. The predicted molar refractivity (Wildman–Crippen MR) is 80.7 cm³/mol. The van der Waals surface area contributed by atoms with E-state index in [0.717, 1.165) is 13.1 Å². The Morgan fingerprint density at radius 3 is 2.86 bits per heavy atom. The fourth-order valence-corrected chi connectivity index (χ4v) is 1.86. The summed E-state index contributed by atoms with van der Waals surface area (Å²) in [6, 6.07) is 7.07. The van der Waals surface area contributed by atoms with Gasteiger partial charge in [0.1, 0.15) is 5.75 Å². The molecule has 0 aliphatic heterocycles. The molecular formula is C15H20N4O3. The summed E-state index contributed by atoms with van der Waals surface area (Å²) in [6.07, 6.45) is 0. The van der Waals surface area contributed by atoms with E-state index >= 15 is 0 Å². The molecular weight excluding hydrogens is 284 g/mol. The Morgan fingerprint density at radius 1 is 1.32 bits per heavy atom. The zero-order chi connectivity index (χ0) is 15.8. The highest BCUT2D eigenvalue weighted by molar-refractivity contribution is 5.96. The molecule has 0 aliphatic rings. The average Bonchev–Trinajstić information content (AvgIpc) is 2.95. The number of ether oxygens (including phenoxy) is 1. The molecule has 0 atom stereocenters. The second-order valence-corrected chi connectivity index (χ2v) is 4.62. The number of hydrogen-bond acceptors (Lipinski definition) is 6. The topological polar surface area (TPSA) is 89.3 Å². The molecule has 7 heteroatoms. The molecule has 0 spiro atoms. The van der Waals surface area contributed by atoms with Crippen LogP contribution in [0.3, 0.4) is 0 Å². The minimum absolute atomic E-state index is 0.152. The fraction of sp³-hybridized carbons (Fsp3) is 0.400. The van der Waals surface area contributed by atoms with Crippen LogP contribution in [0.4, 0.5) is 0 Å². The van der Waals surface area contributed by atoms with Crippen molar-refractivity contribution in [2.45, 2.75) is 20.5 Å². The van der Waals surface area contributed by atoms with E-state index in [1.807, 2.05) is 13.0 Å². The van der Waals surface area contributed by atoms with Gasteiger partial charge >= 0.3 is 0 Å². The number of nitrogens with one attached hydrogen (secondary N) is 2. The molecule has 2 aromatic rings. The van der Waals surface area contributed by atoms with Gasteiger partial charge in [-0.2, -0.15) is 4.98 Å². The van der Waals surface area contributed by atoms with Crippen LogP contribution in [-0.4, -0.2) is 35.7 Å². The quantitative estimate of drug-likeness (QED) is 0.715. The first-order valence-corrected chi connectivity index (χ1v) is 7.20. The lowest BCUT2D eigenvalue weighted by Gasteiger charge is -2.10. The lowest BCUT2D eigenvalue weighted by Crippen LogP contribution is -2.31. The zero-order valence-corrected chi connectivity index (χ0v) is 12.8. The third-order valence-electron chi connectivity index (χ3n) is 2.90. The van der Waals surface area contributed by atoms with Gasteiger partial charge in [0.15, 0.2) is 6.61 Å². The van der Waals surface area contributed by atoms with Crippen molar-refractivity contribution in [1.29, 1.82) is 0 Å². The number of para-hydroxylation sites is 1. The van der Waals surface area contributed by atoms with E-state index in [1.165, 1.54) is 0 Å². The number of carbonyl (C=O) groups is 1. The molecule has 22 heavy (non-hydrogen) atoms. The summed E-state index contributed by atoms with van der Waals surface area (Å²) in [7, 11) is 0. The molecule has 1 aromatic heterocycles. The maximum Gasteiger partial charge on any atom is 0.255 e. The molecule has 1 aromatic carbocycles. The maximum atomic E-state index is 12.2. The molecule has 0 saturated heterocycles. The normalized spacial score (nSPS) is 10.5. The van der Waals surface area contributed by atoms with Crippen molar-refractivity contribution in [2.75, 3.05) is 19.6 Å². The summed E-state index contributed by atoms with van der Waals surface area (Å²) in [6.45, 7) is 6.05. The Balaban J connectivity index is 1.95. The highest BCUT2D eigenvalue weighted by Gasteiger charge is 2.12. The molecule has 2 N–H and O–H groups in total. The summed E-state index contributed by atoms with van der Waals surface area (Å²) in [5, 5.41) is 9.75. The van der Waals surface area contributed by atoms with Gasteiger partial charge in [0.2, 0.25) is 11.7 Å². The van der Waals surface area contributed by atoms with Gasteiger partial charge in [-0.15, -0.1) is 0 Å². The second kappa shape index (κ2) is 8.14. The lowest BCUT2D eigenvalue weighted by atomic mass is 10.2. The monoisotopic (exact) mass is 304 g/mol. The third kappa shape index (κ3) is 4.56. The van der Waals surface area contributed by atoms with Gasteiger partial charge in [-0.25, -0.2) is 0 Å². The highest BCUT2D eigenvalue weighted by atomic mass is 16.5. The van der Waals surface area contributed by atoms with Crippen molar-refractivity contribution in [3.05, 3.63) is 41.5 Å². The largest absolute Gasteiger partial charge is 0.485 e. The fourth-order valence-electron chi connectivity index (χ4n) is 1.86. The summed E-state index contributed by atoms with van der Waals surface area (Å²) in [4.78, 5) is 16.2. The zero-order valence-electron chi connectivity index (χ0n) is 12.8. The van der Waals surface area contributed by atoms with Crippen LogP contribution in [0, 0.1) is 6.92 Å². The first kappa shape index (κ1) is 16.0. The van der Waals surface area contributed by atoms with Crippen molar-refractivity contribution in [3.63, 3.8) is 0 Å². The average molecular weight is 304 g/mol. The number of amides is 1. The molecule has 1 heterocycles. The van der Waals surface area contributed by atoms with E-state index in [2.05, 4.69) is 20.8 Å². The summed E-state index contributed by atoms with van der Waals surface area (Å²) in [5.74, 6) is 1.25. The molecule has 7 nitrogen and oxygen atoms in total. The molecule has 0 saturated carbocycles. The van der Waals surface area contributed by atoms with Gasteiger partial charge in [0.05, 0.1) is 5.56 Å². The molecule has 2 rings (SSSR count). The smallest absolute Gasteiger partial charge is 0.255 e. The van der Waals surface area contributed by atoms with Crippen LogP contribution >= 0.6 is 0 Å². The van der Waals surface area contributed by atoms with Crippen LogP contribution in [-0.2, 0) is 6.61 Å². The van der Waals surface area contributed by atoms with E-state index in [1.54, 1.807) is 25.1 Å². The number of benzene rings is 1. The van der Waals surface area contributed by atoms with Crippen LogP contribution in [0.1, 0.15) is 29.0 Å². The highest BCUT2D eigenvalue weighted by Crippen LogP contribution is 2.18.